The van der Waals surface area contributed by atoms with E-state index in [4.69, 9.17) is 28.8 Å². The molecule has 2 N–H and O–H groups in total. The molecule has 0 bridgehead atoms. The van der Waals surface area contributed by atoms with Gasteiger partial charge in [0.15, 0.2) is 0 Å². The molecule has 0 amide bonds. The Morgan fingerprint density at radius 2 is 1.23 bits per heavy atom. The van der Waals surface area contributed by atoms with Crippen molar-refractivity contribution in [2.45, 2.75) is 0 Å². The average Bonchev–Trinajstić information content (AvgIpc) is 2.79. The maximum Gasteiger partial charge on any atom is 0.124 e. The molecule has 0 atom stereocenters. The van der Waals surface area contributed by atoms with Crippen LogP contribution >= 0.6 is 0 Å². The summed E-state index contributed by atoms with van der Waals surface area (Å²) < 4.78 is 26.9. The fourth-order valence-corrected chi connectivity index (χ4v) is 2.41. The lowest BCUT2D eigenvalue weighted by molar-refractivity contribution is -0.00779. The van der Waals surface area contributed by atoms with Crippen molar-refractivity contribution in [1.82, 2.24) is 0 Å². The molecular weight excluding hydrogens is 402 g/mol. The van der Waals surface area contributed by atoms with Crippen molar-refractivity contribution in [2.75, 3.05) is 66.1 Å². The third-order valence-electron chi connectivity index (χ3n) is 3.97. The predicted molar refractivity (Wildman–Crippen MR) is 118 cm³/mol. The summed E-state index contributed by atoms with van der Waals surface area (Å²) in [5.41, 5.74) is 1.44. The van der Waals surface area contributed by atoms with E-state index in [-0.39, 0.29) is 12.4 Å². The number of ether oxygens (including phenoxy) is 5. The minimum absolute atomic E-state index is 0.0253. The average molecular weight is 434 g/mol. The number of aliphatic imine (C=N–C) groups is 1. The van der Waals surface area contributed by atoms with Gasteiger partial charge in [-0.1, -0.05) is 12.1 Å². The molecule has 2 aromatic rings. The van der Waals surface area contributed by atoms with E-state index in [0.717, 1.165) is 11.4 Å². The lowest BCUT2D eigenvalue weighted by Gasteiger charge is -2.08. The summed E-state index contributed by atoms with van der Waals surface area (Å²) in [6.45, 7) is 4.21. The van der Waals surface area contributed by atoms with Gasteiger partial charge < -0.3 is 33.9 Å². The Morgan fingerprint density at radius 1 is 0.677 bits per heavy atom. The van der Waals surface area contributed by atoms with E-state index in [2.05, 4.69) is 4.99 Å². The summed E-state index contributed by atoms with van der Waals surface area (Å²) in [5, 5.41) is 18.3. The van der Waals surface area contributed by atoms with E-state index in [9.17, 15) is 5.11 Å². The highest BCUT2D eigenvalue weighted by molar-refractivity contribution is 5.85. The summed E-state index contributed by atoms with van der Waals surface area (Å²) >= 11 is 0. The van der Waals surface area contributed by atoms with Crippen molar-refractivity contribution in [1.29, 1.82) is 0 Å². The Morgan fingerprint density at radius 3 is 1.81 bits per heavy atom. The quantitative estimate of drug-likeness (QED) is 0.292. The second-order valence-corrected chi connectivity index (χ2v) is 6.33. The molecule has 0 aromatic heterocycles. The number of rotatable bonds is 17. The van der Waals surface area contributed by atoms with E-state index in [0.29, 0.717) is 65.0 Å². The molecule has 2 rings (SSSR count). The summed E-state index contributed by atoms with van der Waals surface area (Å²) in [5.74, 6) is 0.937. The second kappa shape index (κ2) is 16.2. The lowest BCUT2D eigenvalue weighted by Crippen LogP contribution is -2.14. The molecule has 0 radical (unpaired) electrons. The van der Waals surface area contributed by atoms with Gasteiger partial charge in [0.1, 0.15) is 18.1 Å². The maximum atomic E-state index is 9.74. The molecule has 8 heteroatoms. The van der Waals surface area contributed by atoms with Crippen molar-refractivity contribution < 1.29 is 33.9 Å². The summed E-state index contributed by atoms with van der Waals surface area (Å²) in [6, 6.07) is 14.4. The molecular formula is C23H31NO7. The summed E-state index contributed by atoms with van der Waals surface area (Å²) in [6.07, 6.45) is 1.63. The van der Waals surface area contributed by atoms with Crippen LogP contribution in [0.15, 0.2) is 53.5 Å². The van der Waals surface area contributed by atoms with Gasteiger partial charge >= 0.3 is 0 Å². The van der Waals surface area contributed by atoms with Gasteiger partial charge in [0.25, 0.3) is 0 Å². The Labute approximate surface area is 183 Å². The number of phenols is 1. The third-order valence-corrected chi connectivity index (χ3v) is 3.97. The van der Waals surface area contributed by atoms with E-state index < -0.39 is 0 Å². The number of aromatic hydroxyl groups is 1. The van der Waals surface area contributed by atoms with E-state index in [1.807, 2.05) is 30.3 Å². The van der Waals surface area contributed by atoms with Gasteiger partial charge in [-0.3, -0.25) is 4.99 Å². The zero-order chi connectivity index (χ0) is 22.0. The Bertz CT molecular complexity index is 737. The fraction of sp³-hybridized carbons (Fsp3) is 0.435. The minimum Gasteiger partial charge on any atom is -0.507 e. The number of aliphatic hydroxyl groups excluding tert-OH is 1. The largest absolute Gasteiger partial charge is 0.507 e. The number of aliphatic hydroxyl groups is 1. The first-order valence-electron chi connectivity index (χ1n) is 10.3. The molecule has 8 nitrogen and oxygen atoms in total. The van der Waals surface area contributed by atoms with Crippen LogP contribution in [-0.2, 0) is 18.9 Å². The van der Waals surface area contributed by atoms with Crippen molar-refractivity contribution in [3.05, 3.63) is 54.1 Å². The Balaban J connectivity index is 1.46. The van der Waals surface area contributed by atoms with Crippen LogP contribution in [0.1, 0.15) is 5.56 Å². The van der Waals surface area contributed by atoms with Crippen LogP contribution in [0.5, 0.6) is 11.5 Å². The molecule has 2 aromatic carbocycles. The second-order valence-electron chi connectivity index (χ2n) is 6.33. The normalized spacial score (nSPS) is 11.3. The highest BCUT2D eigenvalue weighted by atomic mass is 16.6. The van der Waals surface area contributed by atoms with E-state index >= 15 is 0 Å². The zero-order valence-electron chi connectivity index (χ0n) is 17.7. The van der Waals surface area contributed by atoms with Crippen LogP contribution in [0.4, 0.5) is 5.69 Å². The zero-order valence-corrected chi connectivity index (χ0v) is 17.7. The third kappa shape index (κ3) is 11.5. The molecule has 31 heavy (non-hydrogen) atoms. The van der Waals surface area contributed by atoms with Crippen LogP contribution in [0.3, 0.4) is 0 Å². The van der Waals surface area contributed by atoms with Gasteiger partial charge in [-0.15, -0.1) is 0 Å². The minimum atomic E-state index is 0.0253. The first kappa shape index (κ1) is 24.8. The first-order chi connectivity index (χ1) is 15.3. The van der Waals surface area contributed by atoms with Crippen LogP contribution < -0.4 is 4.74 Å². The standard InChI is InChI=1S/C23H31NO7/c25-9-10-27-11-12-28-13-14-29-15-16-30-17-18-31-22-7-5-21(6-8-22)24-19-20-3-1-2-4-23(20)26/h1-8,19,25-26H,9-18H2. The van der Waals surface area contributed by atoms with E-state index in [1.165, 1.54) is 0 Å². The lowest BCUT2D eigenvalue weighted by atomic mass is 10.2. The van der Waals surface area contributed by atoms with Crippen molar-refractivity contribution in [3.63, 3.8) is 0 Å². The SMILES string of the molecule is OCCOCCOCCOCCOCCOc1ccc(N=Cc2ccccc2O)cc1. The number of hydrogen-bond donors (Lipinski definition) is 2. The van der Waals surface area contributed by atoms with Crippen LogP contribution in [0.25, 0.3) is 0 Å². The van der Waals surface area contributed by atoms with Gasteiger partial charge in [0, 0.05) is 11.8 Å². The van der Waals surface area contributed by atoms with Crippen molar-refractivity contribution >= 4 is 11.9 Å². The topological polar surface area (TPSA) is 99.0 Å². The summed E-state index contributed by atoms with van der Waals surface area (Å²) in [4.78, 5) is 4.35. The first-order valence-corrected chi connectivity index (χ1v) is 10.3. The van der Waals surface area contributed by atoms with Crippen LogP contribution in [-0.4, -0.2) is 82.5 Å². The number of benzene rings is 2. The fourth-order valence-electron chi connectivity index (χ4n) is 2.41. The number of phenolic OH excluding ortho intramolecular Hbond substituents is 1. The van der Waals surface area contributed by atoms with Crippen LogP contribution in [0, 0.1) is 0 Å². The van der Waals surface area contributed by atoms with Gasteiger partial charge in [-0.05, 0) is 36.4 Å². The molecule has 0 unspecified atom stereocenters. The van der Waals surface area contributed by atoms with Crippen LogP contribution in [0.2, 0.25) is 0 Å². The van der Waals surface area contributed by atoms with Gasteiger partial charge in [-0.2, -0.15) is 0 Å². The molecule has 170 valence electrons. The van der Waals surface area contributed by atoms with Crippen molar-refractivity contribution in [2.24, 2.45) is 4.99 Å². The smallest absolute Gasteiger partial charge is 0.124 e. The molecule has 0 aliphatic carbocycles. The molecule has 0 fully saturated rings. The summed E-state index contributed by atoms with van der Waals surface area (Å²) in [7, 11) is 0. The molecule has 0 saturated carbocycles. The number of hydrogen-bond acceptors (Lipinski definition) is 8. The Hall–Kier alpha value is -2.49. The van der Waals surface area contributed by atoms with Gasteiger partial charge in [-0.25, -0.2) is 0 Å². The molecule has 0 heterocycles. The monoisotopic (exact) mass is 433 g/mol. The predicted octanol–water partition coefficient (Wildman–Crippen LogP) is 2.58. The number of para-hydroxylation sites is 1. The highest BCUT2D eigenvalue weighted by Crippen LogP contribution is 2.19. The van der Waals surface area contributed by atoms with Crippen molar-refractivity contribution in [3.8, 4) is 11.5 Å². The Kier molecular flexibility index (Phi) is 13.0. The molecule has 0 aliphatic rings. The maximum absolute atomic E-state index is 9.74. The van der Waals surface area contributed by atoms with Gasteiger partial charge in [0.2, 0.25) is 0 Å². The molecule has 0 saturated heterocycles. The molecule has 0 spiro atoms. The molecule has 0 aliphatic heterocycles. The van der Waals surface area contributed by atoms with E-state index in [1.54, 1.807) is 24.4 Å². The highest BCUT2D eigenvalue weighted by Gasteiger charge is 1.98. The number of nitrogens with zero attached hydrogens (tertiary/aromatic N) is 1. The van der Waals surface area contributed by atoms with Gasteiger partial charge in [0.05, 0.1) is 65.1 Å².